The van der Waals surface area contributed by atoms with Gasteiger partial charge in [0.2, 0.25) is 11.8 Å². The predicted molar refractivity (Wildman–Crippen MR) is 117 cm³/mol. The Bertz CT molecular complexity index is 1220. The third-order valence-electron chi connectivity index (χ3n) is 4.98. The molecule has 156 valence electrons. The standard InChI is InChI=1S/C24H19ClFN3O2/c1-15-6-3-4-7-18(15)23-28-27-22(31-23)16-10-12-17(13-11-16)24(30)29(2)14-19-20(25)8-5-9-21(19)26/h3-13H,14H2,1-2H3. The van der Waals surface area contributed by atoms with Gasteiger partial charge in [-0.15, -0.1) is 10.2 Å². The molecule has 4 rings (SSSR count). The van der Waals surface area contributed by atoms with Crippen LogP contribution in [-0.4, -0.2) is 28.1 Å². The van der Waals surface area contributed by atoms with Gasteiger partial charge in [0.1, 0.15) is 5.82 Å². The summed E-state index contributed by atoms with van der Waals surface area (Å²) in [6, 6.07) is 19.1. The highest BCUT2D eigenvalue weighted by Crippen LogP contribution is 2.26. The second-order valence-electron chi connectivity index (χ2n) is 7.17. The van der Waals surface area contributed by atoms with Gasteiger partial charge in [0.25, 0.3) is 5.91 Å². The van der Waals surface area contributed by atoms with E-state index < -0.39 is 5.82 Å². The number of aryl methyl sites for hydroxylation is 1. The molecule has 1 aromatic heterocycles. The molecule has 0 saturated carbocycles. The van der Waals surface area contributed by atoms with E-state index in [1.54, 1.807) is 37.4 Å². The molecule has 0 aliphatic heterocycles. The Hall–Kier alpha value is -3.51. The zero-order valence-corrected chi connectivity index (χ0v) is 17.7. The minimum absolute atomic E-state index is 0.0650. The average molecular weight is 436 g/mol. The van der Waals surface area contributed by atoms with E-state index in [4.69, 9.17) is 16.0 Å². The molecule has 0 bridgehead atoms. The van der Waals surface area contributed by atoms with Crippen LogP contribution in [0.3, 0.4) is 0 Å². The van der Waals surface area contributed by atoms with Gasteiger partial charge in [0.05, 0.1) is 0 Å². The molecule has 0 N–H and O–H groups in total. The Kier molecular flexibility index (Phi) is 5.82. The van der Waals surface area contributed by atoms with Crippen LogP contribution in [0.5, 0.6) is 0 Å². The van der Waals surface area contributed by atoms with Crippen LogP contribution in [-0.2, 0) is 6.54 Å². The molecular formula is C24H19ClFN3O2. The van der Waals surface area contributed by atoms with Crippen molar-refractivity contribution in [2.75, 3.05) is 7.05 Å². The maximum absolute atomic E-state index is 14.0. The predicted octanol–water partition coefficient (Wildman–Crippen LogP) is 5.78. The van der Waals surface area contributed by atoms with Crippen molar-refractivity contribution < 1.29 is 13.6 Å². The smallest absolute Gasteiger partial charge is 0.253 e. The molecular weight excluding hydrogens is 417 g/mol. The molecule has 3 aromatic carbocycles. The fourth-order valence-electron chi connectivity index (χ4n) is 3.23. The normalized spacial score (nSPS) is 10.8. The van der Waals surface area contributed by atoms with E-state index in [1.807, 2.05) is 31.2 Å². The van der Waals surface area contributed by atoms with E-state index in [1.165, 1.54) is 17.0 Å². The van der Waals surface area contributed by atoms with Crippen LogP contribution in [0.15, 0.2) is 71.1 Å². The third-order valence-corrected chi connectivity index (χ3v) is 5.34. The van der Waals surface area contributed by atoms with Crippen molar-refractivity contribution in [3.63, 3.8) is 0 Å². The third kappa shape index (κ3) is 4.34. The van der Waals surface area contributed by atoms with Crippen LogP contribution < -0.4 is 0 Å². The highest BCUT2D eigenvalue weighted by molar-refractivity contribution is 6.31. The Morgan fingerprint density at radius 2 is 1.71 bits per heavy atom. The molecule has 0 aliphatic carbocycles. The molecule has 4 aromatic rings. The summed E-state index contributed by atoms with van der Waals surface area (Å²) in [6.45, 7) is 2.04. The molecule has 7 heteroatoms. The summed E-state index contributed by atoms with van der Waals surface area (Å²) in [5, 5.41) is 8.54. The minimum Gasteiger partial charge on any atom is -0.416 e. The van der Waals surface area contributed by atoms with Crippen molar-refractivity contribution in [2.45, 2.75) is 13.5 Å². The highest BCUT2D eigenvalue weighted by Gasteiger charge is 2.17. The number of aromatic nitrogens is 2. The first kappa shape index (κ1) is 20.8. The van der Waals surface area contributed by atoms with Gasteiger partial charge in [0.15, 0.2) is 0 Å². The molecule has 31 heavy (non-hydrogen) atoms. The minimum atomic E-state index is -0.441. The second-order valence-corrected chi connectivity index (χ2v) is 7.57. The van der Waals surface area contributed by atoms with E-state index in [2.05, 4.69) is 10.2 Å². The lowest BCUT2D eigenvalue weighted by molar-refractivity contribution is 0.0784. The fraction of sp³-hybridized carbons (Fsp3) is 0.125. The first-order valence-electron chi connectivity index (χ1n) is 9.62. The molecule has 1 heterocycles. The lowest BCUT2D eigenvalue weighted by Gasteiger charge is -2.18. The maximum Gasteiger partial charge on any atom is 0.253 e. The number of hydrogen-bond donors (Lipinski definition) is 0. The van der Waals surface area contributed by atoms with Gasteiger partial charge in [0, 0.05) is 40.9 Å². The van der Waals surface area contributed by atoms with Gasteiger partial charge in [-0.25, -0.2) is 4.39 Å². The van der Waals surface area contributed by atoms with Crippen LogP contribution >= 0.6 is 11.6 Å². The number of hydrogen-bond acceptors (Lipinski definition) is 4. The number of carbonyl (C=O) groups is 1. The second kappa shape index (κ2) is 8.70. The van der Waals surface area contributed by atoms with Gasteiger partial charge in [-0.3, -0.25) is 4.79 Å². The summed E-state index contributed by atoms with van der Waals surface area (Å²) < 4.78 is 19.8. The van der Waals surface area contributed by atoms with Crippen LogP contribution in [0, 0.1) is 12.7 Å². The van der Waals surface area contributed by atoms with Crippen molar-refractivity contribution in [3.8, 4) is 22.9 Å². The number of benzene rings is 3. The number of amides is 1. The first-order chi connectivity index (χ1) is 14.9. The van der Waals surface area contributed by atoms with Crippen LogP contribution in [0.4, 0.5) is 4.39 Å². The van der Waals surface area contributed by atoms with Crippen molar-refractivity contribution in [1.82, 2.24) is 15.1 Å². The number of carbonyl (C=O) groups excluding carboxylic acids is 1. The largest absolute Gasteiger partial charge is 0.416 e. The SMILES string of the molecule is Cc1ccccc1-c1nnc(-c2ccc(C(=O)N(C)Cc3c(F)cccc3Cl)cc2)o1. The molecule has 0 unspecified atom stereocenters. The van der Waals surface area contributed by atoms with Gasteiger partial charge < -0.3 is 9.32 Å². The van der Waals surface area contributed by atoms with E-state index in [9.17, 15) is 9.18 Å². The van der Waals surface area contributed by atoms with E-state index in [0.717, 1.165) is 11.1 Å². The first-order valence-corrected chi connectivity index (χ1v) is 10.00. The quantitative estimate of drug-likeness (QED) is 0.399. The van der Waals surface area contributed by atoms with Crippen LogP contribution in [0.2, 0.25) is 5.02 Å². The van der Waals surface area contributed by atoms with E-state index in [-0.39, 0.29) is 23.0 Å². The van der Waals surface area contributed by atoms with Crippen molar-refractivity contribution in [3.05, 3.63) is 94.3 Å². The zero-order valence-electron chi connectivity index (χ0n) is 17.0. The summed E-state index contributed by atoms with van der Waals surface area (Å²) in [4.78, 5) is 14.2. The summed E-state index contributed by atoms with van der Waals surface area (Å²) in [6.07, 6.45) is 0. The number of nitrogens with zero attached hydrogens (tertiary/aromatic N) is 3. The Morgan fingerprint density at radius 3 is 2.42 bits per heavy atom. The monoisotopic (exact) mass is 435 g/mol. The lowest BCUT2D eigenvalue weighted by Crippen LogP contribution is -2.26. The lowest BCUT2D eigenvalue weighted by atomic mass is 10.1. The Balaban J connectivity index is 1.51. The number of rotatable bonds is 5. The van der Waals surface area contributed by atoms with Gasteiger partial charge in [-0.2, -0.15) is 0 Å². The van der Waals surface area contributed by atoms with Crippen molar-refractivity contribution >= 4 is 17.5 Å². The molecule has 0 fully saturated rings. The van der Waals surface area contributed by atoms with E-state index in [0.29, 0.717) is 22.9 Å². The topological polar surface area (TPSA) is 59.2 Å². The molecule has 0 spiro atoms. The molecule has 0 saturated heterocycles. The summed E-state index contributed by atoms with van der Waals surface area (Å²) in [5.74, 6) is 0.110. The van der Waals surface area contributed by atoms with Gasteiger partial charge in [-0.05, 0) is 55.0 Å². The zero-order chi connectivity index (χ0) is 22.0. The Labute approximate surface area is 184 Å². The molecule has 5 nitrogen and oxygen atoms in total. The van der Waals surface area contributed by atoms with E-state index >= 15 is 0 Å². The Morgan fingerprint density at radius 1 is 1.00 bits per heavy atom. The number of halogens is 2. The van der Waals surface area contributed by atoms with Gasteiger partial charge >= 0.3 is 0 Å². The molecule has 0 radical (unpaired) electrons. The molecule has 0 atom stereocenters. The highest BCUT2D eigenvalue weighted by atomic mass is 35.5. The van der Waals surface area contributed by atoms with Crippen molar-refractivity contribution in [1.29, 1.82) is 0 Å². The summed E-state index contributed by atoms with van der Waals surface area (Å²) in [5.41, 5.74) is 3.35. The molecule has 0 aliphatic rings. The maximum atomic E-state index is 14.0. The summed E-state index contributed by atoms with van der Waals surface area (Å²) in [7, 11) is 1.60. The van der Waals surface area contributed by atoms with Crippen LogP contribution in [0.1, 0.15) is 21.5 Å². The van der Waals surface area contributed by atoms with Crippen molar-refractivity contribution in [2.24, 2.45) is 0 Å². The summed E-state index contributed by atoms with van der Waals surface area (Å²) >= 11 is 6.07. The van der Waals surface area contributed by atoms with Crippen LogP contribution in [0.25, 0.3) is 22.9 Å². The van der Waals surface area contributed by atoms with Gasteiger partial charge in [-0.1, -0.05) is 35.9 Å². The fourth-order valence-corrected chi connectivity index (χ4v) is 3.45. The average Bonchev–Trinajstić information content (AvgIpc) is 3.26. The molecule has 1 amide bonds.